The van der Waals surface area contributed by atoms with E-state index in [1.165, 1.54) is 19.4 Å². The van der Waals surface area contributed by atoms with Gasteiger partial charge in [-0.3, -0.25) is 0 Å². The summed E-state index contributed by atoms with van der Waals surface area (Å²) < 4.78 is 0. The zero-order valence-corrected chi connectivity index (χ0v) is 14.1. The molecule has 0 unspecified atom stereocenters. The Balaban J connectivity index is 2.12. The fourth-order valence-electron chi connectivity index (χ4n) is 2.95. The lowest BCUT2D eigenvalue weighted by Gasteiger charge is -2.35. The van der Waals surface area contributed by atoms with Crippen molar-refractivity contribution >= 4 is 11.6 Å². The van der Waals surface area contributed by atoms with E-state index in [0.717, 1.165) is 36.2 Å². The second-order valence-electron chi connectivity index (χ2n) is 6.76. The molecule has 5 nitrogen and oxygen atoms in total. The molecule has 1 saturated heterocycles. The molecule has 1 aromatic heterocycles. The number of rotatable bonds is 4. The first-order chi connectivity index (χ1) is 9.88. The van der Waals surface area contributed by atoms with Crippen LogP contribution in [0.4, 0.5) is 11.6 Å². The van der Waals surface area contributed by atoms with E-state index in [1.54, 1.807) is 0 Å². The maximum absolute atomic E-state index is 6.07. The molecule has 1 aliphatic rings. The van der Waals surface area contributed by atoms with Crippen LogP contribution in [0.5, 0.6) is 0 Å². The standard InChI is InChI=1S/C16H29N5/c1-11(2)15-18-14(17)12(3)16(19-15)21-8-6-13(7-9-21)10-20(4)5/h11,13H,6-10H2,1-5H3,(H2,17,18,19). The minimum absolute atomic E-state index is 0.304. The lowest BCUT2D eigenvalue weighted by Crippen LogP contribution is -2.38. The summed E-state index contributed by atoms with van der Waals surface area (Å²) in [5, 5.41) is 0. The number of nitrogen functional groups attached to an aromatic ring is 1. The summed E-state index contributed by atoms with van der Waals surface area (Å²) in [4.78, 5) is 13.8. The van der Waals surface area contributed by atoms with Gasteiger partial charge in [-0.1, -0.05) is 13.8 Å². The van der Waals surface area contributed by atoms with Crippen LogP contribution in [0.1, 0.15) is 44.0 Å². The van der Waals surface area contributed by atoms with Gasteiger partial charge in [-0.15, -0.1) is 0 Å². The molecule has 1 aromatic rings. The van der Waals surface area contributed by atoms with Crippen LogP contribution in [-0.4, -0.2) is 48.6 Å². The first-order valence-electron chi connectivity index (χ1n) is 7.92. The molecule has 0 saturated carbocycles. The van der Waals surface area contributed by atoms with Crippen LogP contribution in [0, 0.1) is 12.8 Å². The number of anilines is 2. The fourth-order valence-corrected chi connectivity index (χ4v) is 2.95. The minimum atomic E-state index is 0.304. The molecule has 0 aliphatic carbocycles. The van der Waals surface area contributed by atoms with Crippen LogP contribution in [-0.2, 0) is 0 Å². The molecule has 0 atom stereocenters. The van der Waals surface area contributed by atoms with E-state index < -0.39 is 0 Å². The van der Waals surface area contributed by atoms with E-state index >= 15 is 0 Å². The number of hydrogen-bond donors (Lipinski definition) is 1. The largest absolute Gasteiger partial charge is 0.383 e. The Labute approximate surface area is 128 Å². The molecule has 0 bridgehead atoms. The topological polar surface area (TPSA) is 58.3 Å². The summed E-state index contributed by atoms with van der Waals surface area (Å²) in [6.07, 6.45) is 2.44. The summed E-state index contributed by atoms with van der Waals surface area (Å²) in [5.41, 5.74) is 7.09. The lowest BCUT2D eigenvalue weighted by molar-refractivity contribution is 0.284. The first kappa shape index (κ1) is 16.0. The van der Waals surface area contributed by atoms with Gasteiger partial charge in [0, 0.05) is 31.1 Å². The smallest absolute Gasteiger partial charge is 0.137 e. The second kappa shape index (κ2) is 6.60. The van der Waals surface area contributed by atoms with Crippen molar-refractivity contribution in [2.24, 2.45) is 5.92 Å². The molecule has 0 amide bonds. The van der Waals surface area contributed by atoms with E-state index in [-0.39, 0.29) is 0 Å². The molecule has 1 fully saturated rings. The van der Waals surface area contributed by atoms with Gasteiger partial charge in [0.05, 0.1) is 0 Å². The predicted molar refractivity (Wildman–Crippen MR) is 88.8 cm³/mol. The van der Waals surface area contributed by atoms with Gasteiger partial charge >= 0.3 is 0 Å². The molecule has 0 radical (unpaired) electrons. The molecule has 21 heavy (non-hydrogen) atoms. The second-order valence-corrected chi connectivity index (χ2v) is 6.76. The molecule has 5 heteroatoms. The summed E-state index contributed by atoms with van der Waals surface area (Å²) in [6.45, 7) is 9.55. The van der Waals surface area contributed by atoms with E-state index in [2.05, 4.69) is 42.7 Å². The highest BCUT2D eigenvalue weighted by Crippen LogP contribution is 2.28. The molecule has 2 rings (SSSR count). The maximum Gasteiger partial charge on any atom is 0.137 e. The number of aromatic nitrogens is 2. The average Bonchev–Trinajstić information content (AvgIpc) is 2.42. The Kier molecular flexibility index (Phi) is 5.04. The first-order valence-corrected chi connectivity index (χ1v) is 7.92. The Morgan fingerprint density at radius 2 is 1.86 bits per heavy atom. The highest BCUT2D eigenvalue weighted by Gasteiger charge is 2.23. The van der Waals surface area contributed by atoms with E-state index in [0.29, 0.717) is 11.7 Å². The monoisotopic (exact) mass is 291 g/mol. The lowest BCUT2D eigenvalue weighted by atomic mass is 9.96. The number of nitrogens with zero attached hydrogens (tertiary/aromatic N) is 4. The molecular weight excluding hydrogens is 262 g/mol. The van der Waals surface area contributed by atoms with Crippen molar-refractivity contribution in [1.82, 2.24) is 14.9 Å². The zero-order valence-electron chi connectivity index (χ0n) is 14.1. The maximum atomic E-state index is 6.07. The van der Waals surface area contributed by atoms with E-state index in [9.17, 15) is 0 Å². The van der Waals surface area contributed by atoms with Gasteiger partial charge in [0.25, 0.3) is 0 Å². The molecule has 1 aliphatic heterocycles. The minimum Gasteiger partial charge on any atom is -0.383 e. The Hall–Kier alpha value is -1.36. The van der Waals surface area contributed by atoms with Crippen LogP contribution in [0.2, 0.25) is 0 Å². The summed E-state index contributed by atoms with van der Waals surface area (Å²) in [7, 11) is 4.30. The van der Waals surface area contributed by atoms with E-state index in [1.807, 2.05) is 6.92 Å². The van der Waals surface area contributed by atoms with Crippen LogP contribution in [0.25, 0.3) is 0 Å². The molecule has 0 spiro atoms. The predicted octanol–water partition coefficient (Wildman–Crippen LogP) is 2.27. The van der Waals surface area contributed by atoms with Gasteiger partial charge < -0.3 is 15.5 Å². The van der Waals surface area contributed by atoms with Crippen molar-refractivity contribution < 1.29 is 0 Å². The summed E-state index contributed by atoms with van der Waals surface area (Å²) in [6, 6.07) is 0. The normalized spacial score (nSPS) is 17.0. The third-order valence-electron chi connectivity index (χ3n) is 4.23. The van der Waals surface area contributed by atoms with Crippen molar-refractivity contribution in [3.63, 3.8) is 0 Å². The van der Waals surface area contributed by atoms with Crippen molar-refractivity contribution in [2.45, 2.75) is 39.5 Å². The van der Waals surface area contributed by atoms with Crippen LogP contribution in [0.3, 0.4) is 0 Å². The van der Waals surface area contributed by atoms with Crippen LogP contribution >= 0.6 is 0 Å². The SMILES string of the molecule is Cc1c(N)nc(C(C)C)nc1N1CCC(CN(C)C)CC1. The third-order valence-corrected chi connectivity index (χ3v) is 4.23. The quantitative estimate of drug-likeness (QED) is 0.922. The Morgan fingerprint density at radius 3 is 2.38 bits per heavy atom. The van der Waals surface area contributed by atoms with Crippen molar-refractivity contribution in [1.29, 1.82) is 0 Å². The molecule has 118 valence electrons. The Bertz CT molecular complexity index is 476. The van der Waals surface area contributed by atoms with Crippen LogP contribution < -0.4 is 10.6 Å². The summed E-state index contributed by atoms with van der Waals surface area (Å²) >= 11 is 0. The number of piperidine rings is 1. The summed E-state index contributed by atoms with van der Waals surface area (Å²) in [5.74, 6) is 3.61. The van der Waals surface area contributed by atoms with Crippen molar-refractivity contribution in [2.75, 3.05) is 44.4 Å². The average molecular weight is 291 g/mol. The number of hydrogen-bond acceptors (Lipinski definition) is 5. The van der Waals surface area contributed by atoms with Gasteiger partial charge in [0.1, 0.15) is 17.5 Å². The molecular formula is C16H29N5. The highest BCUT2D eigenvalue weighted by atomic mass is 15.2. The molecule has 2 heterocycles. The van der Waals surface area contributed by atoms with Crippen LogP contribution in [0.15, 0.2) is 0 Å². The van der Waals surface area contributed by atoms with E-state index in [4.69, 9.17) is 10.7 Å². The third kappa shape index (κ3) is 3.84. The molecule has 2 N–H and O–H groups in total. The highest BCUT2D eigenvalue weighted by molar-refractivity contribution is 5.56. The fraction of sp³-hybridized carbons (Fsp3) is 0.750. The van der Waals surface area contributed by atoms with Crippen molar-refractivity contribution in [3.05, 3.63) is 11.4 Å². The van der Waals surface area contributed by atoms with Crippen molar-refractivity contribution in [3.8, 4) is 0 Å². The van der Waals surface area contributed by atoms with Gasteiger partial charge in [0.2, 0.25) is 0 Å². The number of nitrogens with two attached hydrogens (primary N) is 1. The molecule has 0 aromatic carbocycles. The van der Waals surface area contributed by atoms with Gasteiger partial charge in [-0.25, -0.2) is 9.97 Å². The zero-order chi connectivity index (χ0) is 15.6. The van der Waals surface area contributed by atoms with Gasteiger partial charge in [-0.05, 0) is 39.8 Å². The van der Waals surface area contributed by atoms with Gasteiger partial charge in [-0.2, -0.15) is 0 Å². The Morgan fingerprint density at radius 1 is 1.24 bits per heavy atom. The van der Waals surface area contributed by atoms with Gasteiger partial charge in [0.15, 0.2) is 0 Å².